The summed E-state index contributed by atoms with van der Waals surface area (Å²) in [7, 11) is -4.61. The average molecular weight is 489 g/mol. The topological polar surface area (TPSA) is 132 Å². The van der Waals surface area contributed by atoms with Gasteiger partial charge in [0.05, 0.1) is 11.9 Å². The molecule has 34 heavy (non-hydrogen) atoms. The van der Waals surface area contributed by atoms with Crippen molar-refractivity contribution in [2.75, 3.05) is 18.9 Å². The molecule has 4 N–H and O–H groups in total. The number of hydrogen-bond donors (Lipinski definition) is 3. The highest BCUT2D eigenvalue weighted by Crippen LogP contribution is 2.35. The fraction of sp³-hybridized carbons (Fsp3) is 0.417. The summed E-state index contributed by atoms with van der Waals surface area (Å²) >= 11 is 0. The molecule has 0 amide bonds. The van der Waals surface area contributed by atoms with E-state index in [0.29, 0.717) is 17.7 Å². The molecule has 3 heterocycles. The van der Waals surface area contributed by atoms with Crippen molar-refractivity contribution < 1.29 is 32.7 Å². The number of nitrogens with zero attached hydrogens (tertiary/aromatic N) is 2. The lowest BCUT2D eigenvalue weighted by Gasteiger charge is -2.21. The summed E-state index contributed by atoms with van der Waals surface area (Å²) in [6.45, 7) is 1.43. The van der Waals surface area contributed by atoms with E-state index in [9.17, 15) is 4.57 Å². The smallest absolute Gasteiger partial charge is 0.381 e. The Hall–Kier alpha value is -2.55. The van der Waals surface area contributed by atoms with Gasteiger partial charge in [0.1, 0.15) is 5.56 Å². The number of aromatic nitrogens is 2. The highest BCUT2D eigenvalue weighted by Gasteiger charge is 2.21. The number of anilines is 1. The van der Waals surface area contributed by atoms with Gasteiger partial charge in [-0.25, -0.2) is 13.7 Å². The number of rotatable bonds is 10. The molecule has 9 nitrogen and oxygen atoms in total. The van der Waals surface area contributed by atoms with Gasteiger partial charge in [0.15, 0.2) is 5.76 Å². The standard InChI is InChI=1S/C24H30N3O6P/c25-24-22(5-2-12-27(24)17-32-34(28,29)30)23-16-21(26-33-23)15-20-8-6-18(7-9-20)3-1-4-19-10-13-31-14-11-19/h2,5-9,12,16,19,25H,1,3-4,10-11,13-15,17H2,(H2,28,29,30)/p+1. The Morgan fingerprint density at radius 2 is 1.88 bits per heavy atom. The monoisotopic (exact) mass is 488 g/mol. The first kappa shape index (κ1) is 24.6. The predicted octanol–water partition coefficient (Wildman–Crippen LogP) is 3.62. The number of pyridine rings is 1. The fourth-order valence-electron chi connectivity index (χ4n) is 4.21. The molecule has 182 valence electrons. The maximum absolute atomic E-state index is 11.0. The number of phosphoric acid groups is 1. The maximum atomic E-state index is 11.0. The van der Waals surface area contributed by atoms with Crippen LogP contribution in [0.2, 0.25) is 0 Å². The Labute approximate surface area is 198 Å². The molecule has 0 saturated carbocycles. The van der Waals surface area contributed by atoms with Crippen LogP contribution in [-0.4, -0.2) is 28.2 Å². The molecule has 2 aromatic heterocycles. The van der Waals surface area contributed by atoms with E-state index >= 15 is 0 Å². The third-order valence-electron chi connectivity index (χ3n) is 6.13. The van der Waals surface area contributed by atoms with E-state index in [4.69, 9.17) is 24.8 Å². The van der Waals surface area contributed by atoms with Gasteiger partial charge in [0.2, 0.25) is 6.73 Å². The lowest BCUT2D eigenvalue weighted by Crippen LogP contribution is -2.38. The van der Waals surface area contributed by atoms with E-state index in [1.807, 2.05) is 6.07 Å². The number of nitrogens with two attached hydrogens (primary N) is 1. The van der Waals surface area contributed by atoms with E-state index in [2.05, 4.69) is 33.9 Å². The Balaban J connectivity index is 1.33. The van der Waals surface area contributed by atoms with Gasteiger partial charge in [-0.1, -0.05) is 29.4 Å². The van der Waals surface area contributed by atoms with Crippen molar-refractivity contribution in [3.8, 4) is 11.3 Å². The molecule has 1 aliphatic rings. The summed E-state index contributed by atoms with van der Waals surface area (Å²) in [4.78, 5) is 17.8. The van der Waals surface area contributed by atoms with Crippen LogP contribution < -0.4 is 10.3 Å². The van der Waals surface area contributed by atoms with Crippen molar-refractivity contribution in [3.63, 3.8) is 0 Å². The lowest BCUT2D eigenvalue weighted by molar-refractivity contribution is -0.711. The van der Waals surface area contributed by atoms with Gasteiger partial charge in [-0.05, 0) is 61.3 Å². The summed E-state index contributed by atoms with van der Waals surface area (Å²) in [5, 5.41) is 4.16. The zero-order valence-electron chi connectivity index (χ0n) is 19.0. The summed E-state index contributed by atoms with van der Waals surface area (Å²) in [5.74, 6) is 1.53. The van der Waals surface area contributed by atoms with Gasteiger partial charge in [-0.15, -0.1) is 0 Å². The first-order valence-electron chi connectivity index (χ1n) is 11.5. The van der Waals surface area contributed by atoms with E-state index in [1.54, 1.807) is 18.3 Å². The molecule has 1 saturated heterocycles. The van der Waals surface area contributed by atoms with Crippen LogP contribution in [0.15, 0.2) is 53.2 Å². The second kappa shape index (κ2) is 11.3. The Kier molecular flexibility index (Phi) is 8.13. The highest BCUT2D eigenvalue weighted by molar-refractivity contribution is 7.46. The summed E-state index contributed by atoms with van der Waals surface area (Å²) in [6, 6.07) is 13.9. The van der Waals surface area contributed by atoms with Crippen molar-refractivity contribution in [1.82, 2.24) is 5.16 Å². The maximum Gasteiger partial charge on any atom is 0.472 e. The van der Waals surface area contributed by atoms with Crippen LogP contribution in [0.5, 0.6) is 0 Å². The summed E-state index contributed by atoms with van der Waals surface area (Å²) < 4.78 is 27.8. The zero-order chi connectivity index (χ0) is 24.0. The molecule has 0 radical (unpaired) electrons. The number of phosphoric ester groups is 1. The van der Waals surface area contributed by atoms with Gasteiger partial charge in [0.25, 0.3) is 5.82 Å². The van der Waals surface area contributed by atoms with E-state index < -0.39 is 7.82 Å². The number of aryl methyl sites for hydroxylation is 1. The van der Waals surface area contributed by atoms with Crippen molar-refractivity contribution >= 4 is 13.6 Å². The predicted molar refractivity (Wildman–Crippen MR) is 125 cm³/mol. The quantitative estimate of drug-likeness (QED) is 0.291. The van der Waals surface area contributed by atoms with Crippen LogP contribution in [0, 0.1) is 5.92 Å². The molecular weight excluding hydrogens is 457 g/mol. The molecule has 4 rings (SSSR count). The fourth-order valence-corrected chi connectivity index (χ4v) is 4.48. The minimum Gasteiger partial charge on any atom is -0.381 e. The van der Waals surface area contributed by atoms with Crippen molar-refractivity contribution in [1.29, 1.82) is 0 Å². The number of benzene rings is 1. The van der Waals surface area contributed by atoms with Crippen LogP contribution in [0.3, 0.4) is 0 Å². The minimum absolute atomic E-state index is 0.253. The molecule has 10 heteroatoms. The second-order valence-electron chi connectivity index (χ2n) is 8.65. The van der Waals surface area contributed by atoms with E-state index in [-0.39, 0.29) is 12.5 Å². The van der Waals surface area contributed by atoms with Crippen molar-refractivity contribution in [2.45, 2.75) is 45.3 Å². The normalized spacial score (nSPS) is 15.0. The van der Waals surface area contributed by atoms with E-state index in [1.165, 1.54) is 35.8 Å². The molecule has 1 aromatic carbocycles. The van der Waals surface area contributed by atoms with E-state index in [0.717, 1.165) is 36.8 Å². The number of nitrogen functional groups attached to an aromatic ring is 1. The average Bonchev–Trinajstić information content (AvgIpc) is 3.28. The molecule has 0 unspecified atom stereocenters. The molecule has 1 fully saturated rings. The van der Waals surface area contributed by atoms with Gasteiger partial charge >= 0.3 is 7.82 Å². The number of ether oxygens (including phenoxy) is 1. The molecule has 0 bridgehead atoms. The molecule has 0 atom stereocenters. The molecule has 1 aliphatic heterocycles. The Bertz CT molecular complexity index is 1120. The van der Waals surface area contributed by atoms with Crippen LogP contribution in [0.4, 0.5) is 5.82 Å². The molecular formula is C24H31N3O6P+. The van der Waals surface area contributed by atoms with Gasteiger partial charge in [-0.2, -0.15) is 0 Å². The summed E-state index contributed by atoms with van der Waals surface area (Å²) in [6.07, 6.45) is 8.12. The highest BCUT2D eigenvalue weighted by atomic mass is 31.2. The SMILES string of the molecule is Nc1c(-c2cc(Cc3ccc(CCCC4CCOCC4)cc3)no2)ccc[n+]1COP(=O)(O)O. The second-order valence-corrected chi connectivity index (χ2v) is 9.89. The largest absolute Gasteiger partial charge is 0.472 e. The third-order valence-corrected chi connectivity index (χ3v) is 6.58. The van der Waals surface area contributed by atoms with Crippen LogP contribution in [-0.2, 0) is 33.4 Å². The van der Waals surface area contributed by atoms with Gasteiger partial charge in [-0.3, -0.25) is 5.73 Å². The molecule has 0 aliphatic carbocycles. The Morgan fingerprint density at radius 3 is 2.62 bits per heavy atom. The zero-order valence-corrected chi connectivity index (χ0v) is 19.9. The van der Waals surface area contributed by atoms with Crippen LogP contribution in [0.25, 0.3) is 11.3 Å². The molecule has 3 aromatic rings. The minimum atomic E-state index is -4.61. The van der Waals surface area contributed by atoms with Gasteiger partial charge < -0.3 is 19.0 Å². The first-order valence-corrected chi connectivity index (χ1v) is 13.0. The summed E-state index contributed by atoms with van der Waals surface area (Å²) in [5.41, 5.74) is 9.96. The Morgan fingerprint density at radius 1 is 1.15 bits per heavy atom. The van der Waals surface area contributed by atoms with Gasteiger partial charge in [0, 0.05) is 25.7 Å². The lowest BCUT2D eigenvalue weighted by atomic mass is 9.93. The van der Waals surface area contributed by atoms with Crippen LogP contribution >= 0.6 is 7.82 Å². The van der Waals surface area contributed by atoms with Crippen molar-refractivity contribution in [2.24, 2.45) is 5.92 Å². The molecule has 0 spiro atoms. The third kappa shape index (κ3) is 6.98. The number of hydrogen-bond acceptors (Lipinski definition) is 6. The van der Waals surface area contributed by atoms with Crippen molar-refractivity contribution in [3.05, 3.63) is 65.5 Å². The first-order chi connectivity index (χ1) is 16.4. The van der Waals surface area contributed by atoms with Crippen LogP contribution in [0.1, 0.15) is 42.5 Å².